The molecule has 0 aliphatic heterocycles. The van der Waals surface area contributed by atoms with Gasteiger partial charge in [-0.15, -0.1) is 0 Å². The van der Waals surface area contributed by atoms with Gasteiger partial charge in [0.2, 0.25) is 0 Å². The Morgan fingerprint density at radius 3 is 2.67 bits per heavy atom. The Morgan fingerprint density at radius 1 is 1.40 bits per heavy atom. The van der Waals surface area contributed by atoms with E-state index in [1.165, 1.54) is 12.3 Å². The lowest BCUT2D eigenvalue weighted by molar-refractivity contribution is 0.0690. The standard InChI is InChI=1S/C10H9N3O2/c1-7-4-12-13(6-7)8-2-3-9(10(14)15)11-5-8/h2-6H,1H3,(H,14,15). The molecule has 76 valence electrons. The van der Waals surface area contributed by atoms with Gasteiger partial charge in [-0.2, -0.15) is 5.10 Å². The van der Waals surface area contributed by atoms with E-state index in [1.54, 1.807) is 16.9 Å². The number of aryl methyl sites for hydroxylation is 1. The van der Waals surface area contributed by atoms with Crippen LogP contribution >= 0.6 is 0 Å². The van der Waals surface area contributed by atoms with E-state index >= 15 is 0 Å². The largest absolute Gasteiger partial charge is 0.477 e. The number of carboxylic acids is 1. The Morgan fingerprint density at radius 2 is 2.20 bits per heavy atom. The molecule has 2 rings (SSSR count). The van der Waals surface area contributed by atoms with Crippen molar-refractivity contribution in [2.24, 2.45) is 0 Å². The van der Waals surface area contributed by atoms with Crippen LogP contribution in [0.2, 0.25) is 0 Å². The van der Waals surface area contributed by atoms with Crippen molar-refractivity contribution >= 4 is 5.97 Å². The van der Waals surface area contributed by atoms with Gasteiger partial charge in [0.25, 0.3) is 0 Å². The molecule has 0 fully saturated rings. The van der Waals surface area contributed by atoms with Crippen LogP contribution < -0.4 is 0 Å². The molecule has 0 radical (unpaired) electrons. The molecule has 0 aromatic carbocycles. The number of aromatic carboxylic acids is 1. The van der Waals surface area contributed by atoms with Crippen LogP contribution in [-0.2, 0) is 0 Å². The zero-order valence-electron chi connectivity index (χ0n) is 8.08. The molecular formula is C10H9N3O2. The third-order valence-electron chi connectivity index (χ3n) is 1.94. The van der Waals surface area contributed by atoms with E-state index in [9.17, 15) is 4.79 Å². The van der Waals surface area contributed by atoms with E-state index in [4.69, 9.17) is 5.11 Å². The lowest BCUT2D eigenvalue weighted by Crippen LogP contribution is -2.01. The van der Waals surface area contributed by atoms with Crippen molar-refractivity contribution in [3.8, 4) is 5.69 Å². The molecule has 2 heterocycles. The van der Waals surface area contributed by atoms with Gasteiger partial charge in [0.05, 0.1) is 18.1 Å². The molecule has 2 aromatic heterocycles. The fraction of sp³-hybridized carbons (Fsp3) is 0.100. The van der Waals surface area contributed by atoms with Crippen molar-refractivity contribution in [3.05, 3.63) is 42.0 Å². The predicted octanol–water partition coefficient (Wildman–Crippen LogP) is 1.27. The van der Waals surface area contributed by atoms with Crippen molar-refractivity contribution in [2.45, 2.75) is 6.92 Å². The smallest absolute Gasteiger partial charge is 0.354 e. The van der Waals surface area contributed by atoms with E-state index in [0.29, 0.717) is 0 Å². The molecule has 0 spiro atoms. The summed E-state index contributed by atoms with van der Waals surface area (Å²) in [7, 11) is 0. The van der Waals surface area contributed by atoms with E-state index < -0.39 is 5.97 Å². The summed E-state index contributed by atoms with van der Waals surface area (Å²) in [5.74, 6) is -1.03. The molecule has 15 heavy (non-hydrogen) atoms. The molecule has 0 atom stereocenters. The van der Waals surface area contributed by atoms with Gasteiger partial charge in [0, 0.05) is 6.20 Å². The number of hydrogen-bond acceptors (Lipinski definition) is 3. The van der Waals surface area contributed by atoms with Gasteiger partial charge in [-0.3, -0.25) is 0 Å². The minimum atomic E-state index is -1.03. The van der Waals surface area contributed by atoms with Gasteiger partial charge in [-0.25, -0.2) is 14.5 Å². The lowest BCUT2D eigenvalue weighted by Gasteiger charge is -2.00. The average Bonchev–Trinajstić information content (AvgIpc) is 2.65. The monoisotopic (exact) mass is 203 g/mol. The fourth-order valence-electron chi connectivity index (χ4n) is 1.20. The molecular weight excluding hydrogens is 194 g/mol. The van der Waals surface area contributed by atoms with Crippen LogP contribution in [0, 0.1) is 6.92 Å². The van der Waals surface area contributed by atoms with Gasteiger partial charge in [-0.1, -0.05) is 0 Å². The van der Waals surface area contributed by atoms with Crippen LogP contribution in [0.15, 0.2) is 30.7 Å². The van der Waals surface area contributed by atoms with E-state index in [1.807, 2.05) is 13.1 Å². The minimum absolute atomic E-state index is 0.0302. The Balaban J connectivity index is 2.35. The SMILES string of the molecule is Cc1cnn(-c2ccc(C(=O)O)nc2)c1. The second kappa shape index (κ2) is 3.53. The highest BCUT2D eigenvalue weighted by Gasteiger charge is 2.04. The number of nitrogens with zero attached hydrogens (tertiary/aromatic N) is 3. The van der Waals surface area contributed by atoms with Crippen molar-refractivity contribution in [2.75, 3.05) is 0 Å². The van der Waals surface area contributed by atoms with E-state index in [2.05, 4.69) is 10.1 Å². The van der Waals surface area contributed by atoms with Crippen LogP contribution in [0.4, 0.5) is 0 Å². The number of carboxylic acid groups (broad SMARTS) is 1. The van der Waals surface area contributed by atoms with Crippen molar-refractivity contribution in [1.29, 1.82) is 0 Å². The first kappa shape index (κ1) is 9.39. The normalized spacial score (nSPS) is 10.2. The summed E-state index contributed by atoms with van der Waals surface area (Å²) in [5, 5.41) is 12.8. The summed E-state index contributed by atoms with van der Waals surface area (Å²) in [6.45, 7) is 1.93. The van der Waals surface area contributed by atoms with Gasteiger partial charge in [0.1, 0.15) is 5.69 Å². The van der Waals surface area contributed by atoms with Crippen LogP contribution in [0.1, 0.15) is 16.1 Å². The summed E-state index contributed by atoms with van der Waals surface area (Å²) >= 11 is 0. The van der Waals surface area contributed by atoms with Gasteiger partial charge in [0.15, 0.2) is 0 Å². The molecule has 0 unspecified atom stereocenters. The third-order valence-corrected chi connectivity index (χ3v) is 1.94. The molecule has 0 aliphatic carbocycles. The van der Waals surface area contributed by atoms with Gasteiger partial charge >= 0.3 is 5.97 Å². The summed E-state index contributed by atoms with van der Waals surface area (Å²) in [5.41, 5.74) is 1.81. The molecule has 0 aliphatic rings. The Bertz CT molecular complexity index is 488. The quantitative estimate of drug-likeness (QED) is 0.798. The highest BCUT2D eigenvalue weighted by Crippen LogP contribution is 2.07. The second-order valence-corrected chi connectivity index (χ2v) is 3.17. The molecule has 0 amide bonds. The Hall–Kier alpha value is -2.17. The zero-order valence-corrected chi connectivity index (χ0v) is 8.08. The summed E-state index contributed by atoms with van der Waals surface area (Å²) in [6, 6.07) is 3.12. The first-order valence-electron chi connectivity index (χ1n) is 4.38. The fourth-order valence-corrected chi connectivity index (χ4v) is 1.20. The molecule has 0 saturated heterocycles. The van der Waals surface area contributed by atoms with Crippen LogP contribution in [0.25, 0.3) is 5.69 Å². The Kier molecular flexibility index (Phi) is 2.21. The third kappa shape index (κ3) is 1.85. The van der Waals surface area contributed by atoms with E-state index in [0.717, 1.165) is 11.3 Å². The highest BCUT2D eigenvalue weighted by atomic mass is 16.4. The van der Waals surface area contributed by atoms with E-state index in [-0.39, 0.29) is 5.69 Å². The van der Waals surface area contributed by atoms with Gasteiger partial charge in [-0.05, 0) is 24.6 Å². The first-order valence-corrected chi connectivity index (χ1v) is 4.38. The number of carbonyl (C=O) groups is 1. The predicted molar refractivity (Wildman–Crippen MR) is 53.1 cm³/mol. The number of hydrogen-bond donors (Lipinski definition) is 1. The van der Waals surface area contributed by atoms with Crippen molar-refractivity contribution < 1.29 is 9.90 Å². The number of rotatable bonds is 2. The molecule has 2 aromatic rings. The number of pyridine rings is 1. The van der Waals surface area contributed by atoms with Crippen molar-refractivity contribution in [3.63, 3.8) is 0 Å². The lowest BCUT2D eigenvalue weighted by atomic mass is 10.3. The zero-order chi connectivity index (χ0) is 10.8. The Labute approximate surface area is 86.0 Å². The van der Waals surface area contributed by atoms with Crippen LogP contribution in [0.5, 0.6) is 0 Å². The summed E-state index contributed by atoms with van der Waals surface area (Å²) < 4.78 is 1.65. The summed E-state index contributed by atoms with van der Waals surface area (Å²) in [4.78, 5) is 14.4. The molecule has 0 saturated carbocycles. The first-order chi connectivity index (χ1) is 7.16. The molecule has 5 nitrogen and oxygen atoms in total. The van der Waals surface area contributed by atoms with Crippen LogP contribution in [0.3, 0.4) is 0 Å². The van der Waals surface area contributed by atoms with Crippen molar-refractivity contribution in [1.82, 2.24) is 14.8 Å². The summed E-state index contributed by atoms with van der Waals surface area (Å²) in [6.07, 6.45) is 5.05. The van der Waals surface area contributed by atoms with Crippen LogP contribution in [-0.4, -0.2) is 25.8 Å². The highest BCUT2D eigenvalue weighted by molar-refractivity contribution is 5.85. The second-order valence-electron chi connectivity index (χ2n) is 3.17. The maximum atomic E-state index is 10.6. The molecule has 5 heteroatoms. The topological polar surface area (TPSA) is 68.0 Å². The molecule has 0 bridgehead atoms. The minimum Gasteiger partial charge on any atom is -0.477 e. The number of aromatic nitrogens is 3. The van der Waals surface area contributed by atoms with Gasteiger partial charge < -0.3 is 5.11 Å². The average molecular weight is 203 g/mol. The molecule has 1 N–H and O–H groups in total. The maximum Gasteiger partial charge on any atom is 0.354 e. The maximum absolute atomic E-state index is 10.6.